The number of benzene rings is 2. The molecular formula is C19H18F2N2O2. The minimum Gasteiger partial charge on any atom is -0.327 e. The Labute approximate surface area is 144 Å². The fraction of sp³-hybridized carbons (Fsp3) is 0.263. The molecule has 0 N–H and O–H groups in total. The van der Waals surface area contributed by atoms with E-state index in [1.165, 1.54) is 40.1 Å². The minimum atomic E-state index is -0.579. The Kier molecular flexibility index (Phi) is 4.79. The Bertz CT molecular complexity index is 823. The molecule has 1 aliphatic heterocycles. The second-order valence-electron chi connectivity index (χ2n) is 5.92. The summed E-state index contributed by atoms with van der Waals surface area (Å²) in [6.07, 6.45) is 0.677. The Morgan fingerprint density at radius 3 is 2.56 bits per heavy atom. The molecule has 1 heterocycles. The van der Waals surface area contributed by atoms with Gasteiger partial charge in [-0.1, -0.05) is 19.1 Å². The lowest BCUT2D eigenvalue weighted by molar-refractivity contribution is -0.120. The molecule has 2 aromatic carbocycles. The molecule has 1 aliphatic rings. The topological polar surface area (TPSA) is 40.6 Å². The van der Waals surface area contributed by atoms with Gasteiger partial charge in [-0.25, -0.2) is 8.78 Å². The highest BCUT2D eigenvalue weighted by molar-refractivity contribution is 6.01. The lowest BCUT2D eigenvalue weighted by Gasteiger charge is -2.34. The van der Waals surface area contributed by atoms with Crippen molar-refractivity contribution in [3.05, 3.63) is 65.2 Å². The van der Waals surface area contributed by atoms with Crippen LogP contribution in [-0.4, -0.2) is 36.3 Å². The van der Waals surface area contributed by atoms with Crippen molar-refractivity contribution in [2.45, 2.75) is 13.3 Å². The number of carbonyl (C=O) groups is 2. The molecule has 25 heavy (non-hydrogen) atoms. The molecule has 0 spiro atoms. The molecule has 0 aliphatic carbocycles. The maximum absolute atomic E-state index is 14.1. The van der Waals surface area contributed by atoms with Crippen LogP contribution in [0.25, 0.3) is 0 Å². The quantitative estimate of drug-likeness (QED) is 0.859. The highest BCUT2D eigenvalue weighted by atomic mass is 19.1. The van der Waals surface area contributed by atoms with Crippen LogP contribution in [0.4, 0.5) is 14.5 Å². The molecule has 1 fully saturated rings. The molecule has 2 amide bonds. The third-order valence-corrected chi connectivity index (χ3v) is 4.30. The number of amides is 2. The van der Waals surface area contributed by atoms with Crippen molar-refractivity contribution in [2.24, 2.45) is 0 Å². The maximum atomic E-state index is 14.1. The lowest BCUT2D eigenvalue weighted by Crippen LogP contribution is -2.52. The van der Waals surface area contributed by atoms with Gasteiger partial charge >= 0.3 is 0 Å². The largest absolute Gasteiger partial charge is 0.327 e. The van der Waals surface area contributed by atoms with Crippen molar-refractivity contribution in [3.8, 4) is 0 Å². The van der Waals surface area contributed by atoms with Crippen molar-refractivity contribution >= 4 is 17.5 Å². The van der Waals surface area contributed by atoms with Crippen molar-refractivity contribution in [1.29, 1.82) is 0 Å². The number of aryl methyl sites for hydroxylation is 1. The second-order valence-corrected chi connectivity index (χ2v) is 5.92. The third-order valence-electron chi connectivity index (χ3n) is 4.30. The first-order chi connectivity index (χ1) is 12.0. The molecule has 2 aromatic rings. The molecule has 0 bridgehead atoms. The first-order valence-corrected chi connectivity index (χ1v) is 8.13. The smallest absolute Gasteiger partial charge is 0.257 e. The zero-order chi connectivity index (χ0) is 18.0. The van der Waals surface area contributed by atoms with Crippen LogP contribution < -0.4 is 4.90 Å². The third kappa shape index (κ3) is 3.52. The van der Waals surface area contributed by atoms with Crippen LogP contribution in [-0.2, 0) is 11.2 Å². The number of anilines is 1. The zero-order valence-corrected chi connectivity index (χ0v) is 13.8. The maximum Gasteiger partial charge on any atom is 0.257 e. The van der Waals surface area contributed by atoms with Gasteiger partial charge in [-0.3, -0.25) is 9.59 Å². The predicted octanol–water partition coefficient (Wildman–Crippen LogP) is 3.02. The van der Waals surface area contributed by atoms with Crippen LogP contribution in [0, 0.1) is 11.6 Å². The number of rotatable bonds is 3. The second kappa shape index (κ2) is 7.01. The number of piperazine rings is 1. The fourth-order valence-corrected chi connectivity index (χ4v) is 2.89. The molecule has 4 nitrogen and oxygen atoms in total. The predicted molar refractivity (Wildman–Crippen MR) is 90.4 cm³/mol. The molecule has 0 unspecified atom stereocenters. The molecule has 0 aromatic heterocycles. The molecule has 0 radical (unpaired) electrons. The van der Waals surface area contributed by atoms with E-state index in [2.05, 4.69) is 0 Å². The van der Waals surface area contributed by atoms with Gasteiger partial charge in [0.15, 0.2) is 0 Å². The number of carbonyl (C=O) groups excluding carboxylic acids is 2. The van der Waals surface area contributed by atoms with Crippen molar-refractivity contribution in [3.63, 3.8) is 0 Å². The SMILES string of the molecule is CCc1ccc(C(=O)N2CCN(c3cccc(F)c3)C(=O)C2)c(F)c1. The standard InChI is InChI=1S/C19H18F2N2O2/c1-2-13-6-7-16(17(21)10-13)19(25)22-8-9-23(18(24)12-22)15-5-3-4-14(20)11-15/h3-7,10-11H,2,8-9,12H2,1H3. The summed E-state index contributed by atoms with van der Waals surface area (Å²) in [6.45, 7) is 2.24. The molecule has 130 valence electrons. The summed E-state index contributed by atoms with van der Waals surface area (Å²) in [5.41, 5.74) is 1.22. The average Bonchev–Trinajstić information content (AvgIpc) is 2.61. The van der Waals surface area contributed by atoms with E-state index in [1.807, 2.05) is 6.92 Å². The van der Waals surface area contributed by atoms with Gasteiger partial charge in [0, 0.05) is 18.8 Å². The normalized spacial score (nSPS) is 14.8. The monoisotopic (exact) mass is 344 g/mol. The summed E-state index contributed by atoms with van der Waals surface area (Å²) < 4.78 is 27.5. The first kappa shape index (κ1) is 17.1. The molecule has 1 saturated heterocycles. The van der Waals surface area contributed by atoms with Gasteiger partial charge in [0.1, 0.15) is 18.2 Å². The number of halogens is 2. The van der Waals surface area contributed by atoms with Gasteiger partial charge < -0.3 is 9.80 Å². The number of hydrogen-bond acceptors (Lipinski definition) is 2. The molecule has 0 atom stereocenters. The first-order valence-electron chi connectivity index (χ1n) is 8.13. The van der Waals surface area contributed by atoms with Gasteiger partial charge in [0.05, 0.1) is 5.56 Å². The Hall–Kier alpha value is -2.76. The number of nitrogens with zero attached hydrogens (tertiary/aromatic N) is 2. The van der Waals surface area contributed by atoms with E-state index >= 15 is 0 Å². The van der Waals surface area contributed by atoms with E-state index in [4.69, 9.17) is 0 Å². The van der Waals surface area contributed by atoms with Crippen molar-refractivity contribution in [2.75, 3.05) is 24.5 Å². The zero-order valence-electron chi connectivity index (χ0n) is 13.8. The van der Waals surface area contributed by atoms with Crippen LogP contribution in [0.2, 0.25) is 0 Å². The Balaban J connectivity index is 1.74. The fourth-order valence-electron chi connectivity index (χ4n) is 2.89. The van der Waals surface area contributed by atoms with Crippen LogP contribution in [0.3, 0.4) is 0 Å². The van der Waals surface area contributed by atoms with E-state index in [0.717, 1.165) is 5.56 Å². The minimum absolute atomic E-state index is 0.0378. The molecule has 0 saturated carbocycles. The summed E-state index contributed by atoms with van der Waals surface area (Å²) in [6, 6.07) is 10.3. The van der Waals surface area contributed by atoms with E-state index in [1.54, 1.807) is 12.1 Å². The summed E-state index contributed by atoms with van der Waals surface area (Å²) in [5, 5.41) is 0. The summed E-state index contributed by atoms with van der Waals surface area (Å²) in [4.78, 5) is 27.6. The van der Waals surface area contributed by atoms with Crippen LogP contribution in [0.15, 0.2) is 42.5 Å². The van der Waals surface area contributed by atoms with Crippen LogP contribution in [0.1, 0.15) is 22.8 Å². The van der Waals surface area contributed by atoms with Crippen LogP contribution in [0.5, 0.6) is 0 Å². The summed E-state index contributed by atoms with van der Waals surface area (Å²) in [5.74, 6) is -1.84. The number of hydrogen-bond donors (Lipinski definition) is 0. The van der Waals surface area contributed by atoms with Gasteiger partial charge in [-0.2, -0.15) is 0 Å². The van der Waals surface area contributed by atoms with Crippen LogP contribution >= 0.6 is 0 Å². The van der Waals surface area contributed by atoms with Crippen molar-refractivity contribution in [1.82, 2.24) is 4.90 Å². The van der Waals surface area contributed by atoms with Gasteiger partial charge in [-0.15, -0.1) is 0 Å². The Morgan fingerprint density at radius 2 is 1.92 bits per heavy atom. The van der Waals surface area contributed by atoms with Gasteiger partial charge in [0.2, 0.25) is 5.91 Å². The van der Waals surface area contributed by atoms with Crippen molar-refractivity contribution < 1.29 is 18.4 Å². The van der Waals surface area contributed by atoms with E-state index in [-0.39, 0.29) is 31.1 Å². The van der Waals surface area contributed by atoms with E-state index in [0.29, 0.717) is 12.1 Å². The molecule has 3 rings (SSSR count). The Morgan fingerprint density at radius 1 is 1.12 bits per heavy atom. The lowest BCUT2D eigenvalue weighted by atomic mass is 10.1. The van der Waals surface area contributed by atoms with Gasteiger partial charge in [-0.05, 0) is 42.3 Å². The van der Waals surface area contributed by atoms with Gasteiger partial charge in [0.25, 0.3) is 5.91 Å². The average molecular weight is 344 g/mol. The highest BCUT2D eigenvalue weighted by Gasteiger charge is 2.29. The summed E-state index contributed by atoms with van der Waals surface area (Å²) in [7, 11) is 0. The van der Waals surface area contributed by atoms with E-state index < -0.39 is 17.5 Å². The van der Waals surface area contributed by atoms with E-state index in [9.17, 15) is 18.4 Å². The molecule has 6 heteroatoms. The molecular weight excluding hydrogens is 326 g/mol. The summed E-state index contributed by atoms with van der Waals surface area (Å²) >= 11 is 0. The highest BCUT2D eigenvalue weighted by Crippen LogP contribution is 2.20.